The zero-order valence-corrected chi connectivity index (χ0v) is 7.76. The lowest BCUT2D eigenvalue weighted by Gasteiger charge is -1.96. The van der Waals surface area contributed by atoms with Crippen molar-refractivity contribution in [2.75, 3.05) is 5.75 Å². The van der Waals surface area contributed by atoms with Gasteiger partial charge in [0.25, 0.3) is 0 Å². The second-order valence-electron chi connectivity index (χ2n) is 2.31. The fraction of sp³-hybridized carbons (Fsp3) is 0.333. The van der Waals surface area contributed by atoms with Crippen LogP contribution in [0, 0.1) is 0 Å². The van der Waals surface area contributed by atoms with E-state index in [9.17, 15) is 0 Å². The van der Waals surface area contributed by atoms with Crippen LogP contribution in [0.5, 0.6) is 0 Å². The molecule has 0 bridgehead atoms. The molecule has 0 radical (unpaired) electrons. The summed E-state index contributed by atoms with van der Waals surface area (Å²) in [6.45, 7) is 3.66. The van der Waals surface area contributed by atoms with E-state index in [2.05, 4.69) is 16.5 Å². The van der Waals surface area contributed by atoms with Crippen molar-refractivity contribution in [3.8, 4) is 0 Å². The van der Waals surface area contributed by atoms with Crippen LogP contribution in [0.15, 0.2) is 36.3 Å². The number of nitrogens with zero attached hydrogens (tertiary/aromatic N) is 2. The zero-order valence-electron chi connectivity index (χ0n) is 6.94. The van der Waals surface area contributed by atoms with Crippen LogP contribution in [0.2, 0.25) is 0 Å². The van der Waals surface area contributed by atoms with Crippen LogP contribution >= 0.6 is 11.8 Å². The minimum atomic E-state index is 0.863. The molecule has 12 heavy (non-hydrogen) atoms. The van der Waals surface area contributed by atoms with Crippen molar-refractivity contribution < 1.29 is 0 Å². The summed E-state index contributed by atoms with van der Waals surface area (Å²) < 4.78 is 0. The Bertz CT molecular complexity index is 223. The second-order valence-corrected chi connectivity index (χ2v) is 3.37. The number of hydrogen-bond acceptors (Lipinski definition) is 3. The lowest BCUT2D eigenvalue weighted by atomic mass is 10.3. The van der Waals surface area contributed by atoms with E-state index in [4.69, 9.17) is 0 Å². The van der Waals surface area contributed by atoms with E-state index in [0.717, 1.165) is 23.8 Å². The minimum absolute atomic E-state index is 0.863. The van der Waals surface area contributed by atoms with E-state index < -0.39 is 0 Å². The highest BCUT2D eigenvalue weighted by Gasteiger charge is 1.93. The number of rotatable bonds is 5. The summed E-state index contributed by atoms with van der Waals surface area (Å²) in [7, 11) is 0. The summed E-state index contributed by atoms with van der Waals surface area (Å²) in [5.41, 5.74) is 0. The van der Waals surface area contributed by atoms with Crippen LogP contribution in [-0.2, 0) is 0 Å². The third kappa shape index (κ3) is 3.53. The predicted octanol–water partition coefficient (Wildman–Crippen LogP) is 2.53. The van der Waals surface area contributed by atoms with E-state index in [1.807, 2.05) is 12.1 Å². The first kappa shape index (κ1) is 9.26. The topological polar surface area (TPSA) is 25.8 Å². The summed E-state index contributed by atoms with van der Waals surface area (Å²) in [5.74, 6) is 1.07. The highest BCUT2D eigenvalue weighted by molar-refractivity contribution is 7.99. The third-order valence-corrected chi connectivity index (χ3v) is 2.29. The maximum absolute atomic E-state index is 4.10. The molecule has 0 saturated carbocycles. The Morgan fingerprint density at radius 1 is 1.42 bits per heavy atom. The van der Waals surface area contributed by atoms with Gasteiger partial charge >= 0.3 is 0 Å². The molecule has 0 fully saturated rings. The minimum Gasteiger partial charge on any atom is -0.231 e. The summed E-state index contributed by atoms with van der Waals surface area (Å²) in [4.78, 5) is 8.20. The molecule has 64 valence electrons. The molecule has 0 unspecified atom stereocenters. The molecule has 0 aliphatic carbocycles. The highest BCUT2D eigenvalue weighted by atomic mass is 32.2. The van der Waals surface area contributed by atoms with Crippen molar-refractivity contribution in [1.82, 2.24) is 9.97 Å². The average Bonchev–Trinajstić information content (AvgIpc) is 2.14. The number of thioether (sulfide) groups is 1. The Balaban J connectivity index is 2.20. The van der Waals surface area contributed by atoms with E-state index in [-0.39, 0.29) is 0 Å². The fourth-order valence-electron chi connectivity index (χ4n) is 0.751. The molecule has 0 aromatic carbocycles. The Labute approximate surface area is 77.1 Å². The molecular weight excluding hydrogens is 168 g/mol. The monoisotopic (exact) mass is 180 g/mol. The molecule has 0 spiro atoms. The van der Waals surface area contributed by atoms with Gasteiger partial charge < -0.3 is 0 Å². The van der Waals surface area contributed by atoms with Crippen LogP contribution in [-0.4, -0.2) is 15.7 Å². The number of aromatic nitrogens is 2. The molecule has 1 aromatic heterocycles. The van der Waals surface area contributed by atoms with Gasteiger partial charge in [-0.05, 0) is 18.9 Å². The lowest BCUT2D eigenvalue weighted by Crippen LogP contribution is -1.85. The summed E-state index contributed by atoms with van der Waals surface area (Å²) in [6, 6.07) is 1.83. The van der Waals surface area contributed by atoms with Crippen LogP contribution in [0.1, 0.15) is 12.8 Å². The molecule has 0 atom stereocenters. The van der Waals surface area contributed by atoms with Crippen molar-refractivity contribution >= 4 is 11.8 Å². The Hall–Kier alpha value is -0.830. The van der Waals surface area contributed by atoms with Gasteiger partial charge in [0.1, 0.15) is 0 Å². The maximum Gasteiger partial charge on any atom is 0.187 e. The van der Waals surface area contributed by atoms with Crippen LogP contribution in [0.25, 0.3) is 0 Å². The van der Waals surface area contributed by atoms with Crippen molar-refractivity contribution in [3.63, 3.8) is 0 Å². The van der Waals surface area contributed by atoms with Crippen molar-refractivity contribution in [1.29, 1.82) is 0 Å². The molecule has 0 N–H and O–H groups in total. The first-order chi connectivity index (χ1) is 5.93. The standard InChI is InChI=1S/C9H12N2S/c1-2-3-4-8-12-9-10-6-5-7-11-9/h2,5-7H,1,3-4,8H2. The van der Waals surface area contributed by atoms with E-state index in [1.54, 1.807) is 24.2 Å². The van der Waals surface area contributed by atoms with Gasteiger partial charge in [-0.1, -0.05) is 17.8 Å². The van der Waals surface area contributed by atoms with Gasteiger partial charge in [-0.25, -0.2) is 9.97 Å². The largest absolute Gasteiger partial charge is 0.231 e. The number of unbranched alkanes of at least 4 members (excludes halogenated alkanes) is 1. The Morgan fingerprint density at radius 2 is 2.17 bits per heavy atom. The Kier molecular flexibility index (Phi) is 4.46. The van der Waals surface area contributed by atoms with Gasteiger partial charge in [-0.15, -0.1) is 6.58 Å². The van der Waals surface area contributed by atoms with Crippen LogP contribution in [0.3, 0.4) is 0 Å². The van der Waals surface area contributed by atoms with E-state index in [1.165, 1.54) is 0 Å². The second kappa shape index (κ2) is 5.77. The number of allylic oxidation sites excluding steroid dienone is 1. The third-order valence-electron chi connectivity index (χ3n) is 1.33. The first-order valence-corrected chi connectivity index (χ1v) is 4.93. The van der Waals surface area contributed by atoms with Gasteiger partial charge in [0, 0.05) is 18.1 Å². The predicted molar refractivity (Wildman–Crippen MR) is 52.2 cm³/mol. The molecule has 1 heterocycles. The molecular formula is C9H12N2S. The maximum atomic E-state index is 4.10. The van der Waals surface area contributed by atoms with Crippen molar-refractivity contribution in [3.05, 3.63) is 31.1 Å². The molecule has 2 nitrogen and oxygen atoms in total. The molecule has 0 amide bonds. The molecule has 0 aliphatic rings. The van der Waals surface area contributed by atoms with Crippen molar-refractivity contribution in [2.45, 2.75) is 18.0 Å². The van der Waals surface area contributed by atoms with Gasteiger partial charge in [-0.3, -0.25) is 0 Å². The van der Waals surface area contributed by atoms with Crippen molar-refractivity contribution in [2.24, 2.45) is 0 Å². The van der Waals surface area contributed by atoms with Gasteiger partial charge in [0.15, 0.2) is 5.16 Å². The van der Waals surface area contributed by atoms with Gasteiger partial charge in [0.05, 0.1) is 0 Å². The summed E-state index contributed by atoms with van der Waals surface area (Å²) in [5, 5.41) is 0.863. The van der Waals surface area contributed by atoms with Crippen LogP contribution < -0.4 is 0 Å². The van der Waals surface area contributed by atoms with E-state index in [0.29, 0.717) is 0 Å². The first-order valence-electron chi connectivity index (χ1n) is 3.94. The SMILES string of the molecule is C=CCCCSc1ncccn1. The molecule has 0 saturated heterocycles. The molecule has 0 aliphatic heterocycles. The Morgan fingerprint density at radius 3 is 2.83 bits per heavy atom. The average molecular weight is 180 g/mol. The molecule has 1 rings (SSSR count). The number of hydrogen-bond donors (Lipinski definition) is 0. The normalized spacial score (nSPS) is 9.67. The smallest absolute Gasteiger partial charge is 0.187 e. The lowest BCUT2D eigenvalue weighted by molar-refractivity contribution is 0.940. The molecule has 3 heteroatoms. The zero-order chi connectivity index (χ0) is 8.65. The van der Waals surface area contributed by atoms with Gasteiger partial charge in [0.2, 0.25) is 0 Å². The van der Waals surface area contributed by atoms with Crippen LogP contribution in [0.4, 0.5) is 0 Å². The quantitative estimate of drug-likeness (QED) is 0.301. The van der Waals surface area contributed by atoms with Gasteiger partial charge in [-0.2, -0.15) is 0 Å². The van der Waals surface area contributed by atoms with E-state index >= 15 is 0 Å². The summed E-state index contributed by atoms with van der Waals surface area (Å²) in [6.07, 6.45) is 7.68. The fourth-order valence-corrected chi connectivity index (χ4v) is 1.52. The molecule has 1 aromatic rings. The summed E-state index contributed by atoms with van der Waals surface area (Å²) >= 11 is 1.69. The highest BCUT2D eigenvalue weighted by Crippen LogP contribution is 2.12.